The quantitative estimate of drug-likeness (QED) is 0.912. The third-order valence-corrected chi connectivity index (χ3v) is 5.23. The van der Waals surface area contributed by atoms with E-state index in [0.29, 0.717) is 6.42 Å². The van der Waals surface area contributed by atoms with E-state index in [-0.39, 0.29) is 16.3 Å². The Balaban J connectivity index is 2.07. The van der Waals surface area contributed by atoms with Crippen molar-refractivity contribution < 1.29 is 14.2 Å². The van der Waals surface area contributed by atoms with Crippen molar-refractivity contribution in [3.8, 4) is 5.75 Å². The first kappa shape index (κ1) is 13.7. The van der Waals surface area contributed by atoms with E-state index in [1.165, 1.54) is 13.2 Å². The lowest BCUT2D eigenvalue weighted by Gasteiger charge is -2.29. The van der Waals surface area contributed by atoms with Gasteiger partial charge in [-0.2, -0.15) is 11.8 Å². The molecule has 0 saturated carbocycles. The Morgan fingerprint density at radius 2 is 2.33 bits per heavy atom. The fourth-order valence-electron chi connectivity index (χ4n) is 2.34. The van der Waals surface area contributed by atoms with Crippen LogP contribution in [0.3, 0.4) is 0 Å². The molecule has 4 heteroatoms. The zero-order chi connectivity index (χ0) is 13.2. The Labute approximate surface area is 112 Å². The standard InChI is InChI=1S/C14H19FO2S/c1-14(6-3-7-18-14)13(16)9-10-4-5-12(17-2)11(15)8-10/h4-5,8,13,16H,3,6-7,9H2,1-2H3. The number of thioether (sulfide) groups is 1. The summed E-state index contributed by atoms with van der Waals surface area (Å²) in [5, 5.41) is 10.3. The normalized spacial score (nSPS) is 25.1. The molecule has 100 valence electrons. The number of aliphatic hydroxyl groups excluding tert-OH is 1. The molecule has 0 radical (unpaired) electrons. The van der Waals surface area contributed by atoms with Crippen molar-refractivity contribution in [2.24, 2.45) is 0 Å². The maximum atomic E-state index is 13.6. The minimum atomic E-state index is -0.433. The second-order valence-corrected chi connectivity index (χ2v) is 6.58. The number of hydrogen-bond acceptors (Lipinski definition) is 3. The Morgan fingerprint density at radius 1 is 1.56 bits per heavy atom. The largest absolute Gasteiger partial charge is 0.494 e. The molecule has 1 aromatic rings. The van der Waals surface area contributed by atoms with Crippen molar-refractivity contribution >= 4 is 11.8 Å². The molecule has 1 aromatic carbocycles. The van der Waals surface area contributed by atoms with Gasteiger partial charge in [0.1, 0.15) is 0 Å². The van der Waals surface area contributed by atoms with E-state index in [1.54, 1.807) is 6.07 Å². The van der Waals surface area contributed by atoms with Crippen LogP contribution in [-0.4, -0.2) is 28.8 Å². The molecule has 2 atom stereocenters. The van der Waals surface area contributed by atoms with E-state index in [2.05, 4.69) is 6.92 Å². The van der Waals surface area contributed by atoms with Gasteiger partial charge in [0.2, 0.25) is 0 Å². The average Bonchev–Trinajstić information content (AvgIpc) is 2.78. The van der Waals surface area contributed by atoms with Gasteiger partial charge in [0.05, 0.1) is 13.2 Å². The van der Waals surface area contributed by atoms with E-state index >= 15 is 0 Å². The van der Waals surface area contributed by atoms with Gasteiger partial charge in [-0.3, -0.25) is 0 Å². The lowest BCUT2D eigenvalue weighted by atomic mass is 9.93. The Kier molecular flexibility index (Phi) is 4.17. The summed E-state index contributed by atoms with van der Waals surface area (Å²) >= 11 is 1.82. The molecule has 1 saturated heterocycles. The van der Waals surface area contributed by atoms with Crippen LogP contribution in [0.15, 0.2) is 18.2 Å². The summed E-state index contributed by atoms with van der Waals surface area (Å²) in [5.41, 5.74) is 0.814. The lowest BCUT2D eigenvalue weighted by molar-refractivity contribution is 0.133. The molecule has 0 aliphatic carbocycles. The fraction of sp³-hybridized carbons (Fsp3) is 0.571. The molecule has 0 amide bonds. The number of hydrogen-bond donors (Lipinski definition) is 1. The predicted octanol–water partition coefficient (Wildman–Crippen LogP) is 3.02. The minimum absolute atomic E-state index is 0.0869. The van der Waals surface area contributed by atoms with Gasteiger partial charge in [-0.05, 0) is 49.6 Å². The van der Waals surface area contributed by atoms with E-state index in [4.69, 9.17) is 4.74 Å². The van der Waals surface area contributed by atoms with Gasteiger partial charge in [-0.25, -0.2) is 4.39 Å². The second kappa shape index (κ2) is 5.49. The molecule has 1 heterocycles. The smallest absolute Gasteiger partial charge is 0.165 e. The molecule has 1 fully saturated rings. The van der Waals surface area contributed by atoms with Crippen molar-refractivity contribution in [3.63, 3.8) is 0 Å². The van der Waals surface area contributed by atoms with Crippen molar-refractivity contribution in [2.45, 2.75) is 37.0 Å². The highest BCUT2D eigenvalue weighted by Crippen LogP contribution is 2.41. The molecule has 0 bridgehead atoms. The molecule has 18 heavy (non-hydrogen) atoms. The number of aliphatic hydroxyl groups is 1. The summed E-state index contributed by atoms with van der Waals surface area (Å²) in [6.45, 7) is 2.09. The Bertz CT molecular complexity index is 416. The van der Waals surface area contributed by atoms with Gasteiger partial charge in [0.25, 0.3) is 0 Å². The van der Waals surface area contributed by atoms with Crippen LogP contribution in [-0.2, 0) is 6.42 Å². The average molecular weight is 270 g/mol. The molecule has 2 nitrogen and oxygen atoms in total. The van der Waals surface area contributed by atoms with Gasteiger partial charge >= 0.3 is 0 Å². The third kappa shape index (κ3) is 2.81. The third-order valence-electron chi connectivity index (χ3n) is 3.60. The number of rotatable bonds is 4. The van der Waals surface area contributed by atoms with Gasteiger partial charge in [0.15, 0.2) is 11.6 Å². The van der Waals surface area contributed by atoms with Crippen LogP contribution in [0, 0.1) is 5.82 Å². The van der Waals surface area contributed by atoms with Crippen LogP contribution in [0.4, 0.5) is 4.39 Å². The van der Waals surface area contributed by atoms with Gasteiger partial charge in [-0.15, -0.1) is 0 Å². The summed E-state index contributed by atoms with van der Waals surface area (Å²) < 4.78 is 18.4. The first-order valence-corrected chi connectivity index (χ1v) is 7.18. The van der Waals surface area contributed by atoms with Crippen molar-refractivity contribution in [2.75, 3.05) is 12.9 Å². The van der Waals surface area contributed by atoms with Crippen molar-refractivity contribution in [3.05, 3.63) is 29.6 Å². The first-order valence-electron chi connectivity index (χ1n) is 6.19. The molecule has 0 aromatic heterocycles. The van der Waals surface area contributed by atoms with E-state index in [1.807, 2.05) is 17.8 Å². The highest BCUT2D eigenvalue weighted by atomic mass is 32.2. The summed E-state index contributed by atoms with van der Waals surface area (Å²) in [6, 6.07) is 4.88. The molecule has 1 aliphatic heterocycles. The summed E-state index contributed by atoms with van der Waals surface area (Å²) in [7, 11) is 1.45. The zero-order valence-electron chi connectivity index (χ0n) is 10.8. The van der Waals surface area contributed by atoms with Crippen LogP contribution in [0.1, 0.15) is 25.3 Å². The summed E-state index contributed by atoms with van der Waals surface area (Å²) in [5.74, 6) is 0.978. The number of halogens is 1. The van der Waals surface area contributed by atoms with Gasteiger partial charge in [-0.1, -0.05) is 6.07 Å². The molecule has 0 spiro atoms. The van der Waals surface area contributed by atoms with E-state index in [0.717, 1.165) is 24.2 Å². The summed E-state index contributed by atoms with van der Waals surface area (Å²) in [4.78, 5) is 0. The molecule has 2 unspecified atom stereocenters. The number of benzene rings is 1. The fourth-order valence-corrected chi connectivity index (χ4v) is 3.66. The van der Waals surface area contributed by atoms with Crippen LogP contribution in [0.25, 0.3) is 0 Å². The second-order valence-electron chi connectivity index (χ2n) is 4.95. The van der Waals surface area contributed by atoms with Gasteiger partial charge < -0.3 is 9.84 Å². The van der Waals surface area contributed by atoms with Crippen LogP contribution in [0.5, 0.6) is 5.75 Å². The maximum Gasteiger partial charge on any atom is 0.165 e. The van der Waals surface area contributed by atoms with Crippen LogP contribution >= 0.6 is 11.8 Å². The number of methoxy groups -OCH3 is 1. The van der Waals surface area contributed by atoms with Crippen LogP contribution in [0.2, 0.25) is 0 Å². The van der Waals surface area contributed by atoms with E-state index < -0.39 is 6.10 Å². The molecule has 1 aliphatic rings. The Hall–Kier alpha value is -0.740. The molecule has 2 rings (SSSR count). The highest BCUT2D eigenvalue weighted by molar-refractivity contribution is 8.00. The highest BCUT2D eigenvalue weighted by Gasteiger charge is 2.36. The maximum absolute atomic E-state index is 13.6. The lowest BCUT2D eigenvalue weighted by Crippen LogP contribution is -2.35. The molecular weight excluding hydrogens is 251 g/mol. The van der Waals surface area contributed by atoms with E-state index in [9.17, 15) is 9.50 Å². The minimum Gasteiger partial charge on any atom is -0.494 e. The van der Waals surface area contributed by atoms with Crippen LogP contribution < -0.4 is 4.74 Å². The summed E-state index contributed by atoms with van der Waals surface area (Å²) in [6.07, 6.45) is 2.23. The number of ether oxygens (including phenoxy) is 1. The zero-order valence-corrected chi connectivity index (χ0v) is 11.6. The SMILES string of the molecule is COc1ccc(CC(O)C2(C)CCCS2)cc1F. The molecular formula is C14H19FO2S. The first-order chi connectivity index (χ1) is 8.55. The van der Waals surface area contributed by atoms with Crippen molar-refractivity contribution in [1.29, 1.82) is 0 Å². The monoisotopic (exact) mass is 270 g/mol. The topological polar surface area (TPSA) is 29.5 Å². The predicted molar refractivity (Wildman–Crippen MR) is 72.8 cm³/mol. The Morgan fingerprint density at radius 3 is 2.89 bits per heavy atom. The van der Waals surface area contributed by atoms with Crippen molar-refractivity contribution in [1.82, 2.24) is 0 Å². The van der Waals surface area contributed by atoms with Gasteiger partial charge in [0, 0.05) is 4.75 Å². The molecule has 1 N–H and O–H groups in total.